The zero-order valence-electron chi connectivity index (χ0n) is 9.29. The number of aliphatic imine (C=N–C) groups is 1. The Morgan fingerprint density at radius 2 is 2.36 bits per heavy atom. The first-order valence-corrected chi connectivity index (χ1v) is 5.25. The van der Waals surface area contributed by atoms with E-state index < -0.39 is 0 Å². The quantitative estimate of drug-likeness (QED) is 0.631. The summed E-state index contributed by atoms with van der Waals surface area (Å²) in [5.74, 6) is 1.61. The van der Waals surface area contributed by atoms with Gasteiger partial charge in [-0.1, -0.05) is 13.0 Å². The van der Waals surface area contributed by atoms with Gasteiger partial charge in [-0.3, -0.25) is 4.99 Å². The highest BCUT2D eigenvalue weighted by atomic mass is 16.5. The van der Waals surface area contributed by atoms with E-state index in [0.717, 1.165) is 25.2 Å². The van der Waals surface area contributed by atoms with Gasteiger partial charge in [-0.2, -0.15) is 0 Å². The Balaban J connectivity index is 2.98. The minimum Gasteiger partial charge on any atom is -0.493 e. The molecule has 1 atom stereocenters. The highest BCUT2D eigenvalue weighted by Crippen LogP contribution is 2.27. The van der Waals surface area contributed by atoms with E-state index in [9.17, 15) is 0 Å². The number of ether oxygens (including phenoxy) is 1. The first-order valence-electron chi connectivity index (χ1n) is 5.25. The van der Waals surface area contributed by atoms with Crippen LogP contribution in [0.4, 0.5) is 0 Å². The minimum atomic E-state index is 0.610. The SMILES string of the molecule is CC=CC1=C(C=NC)C(CC)CCO1. The van der Waals surface area contributed by atoms with Crippen LogP contribution in [0, 0.1) is 5.92 Å². The van der Waals surface area contributed by atoms with Gasteiger partial charge in [0.15, 0.2) is 0 Å². The molecule has 78 valence electrons. The lowest BCUT2D eigenvalue weighted by Crippen LogP contribution is -2.17. The molecule has 0 aromatic heterocycles. The molecule has 0 spiro atoms. The summed E-state index contributed by atoms with van der Waals surface area (Å²) in [4.78, 5) is 4.09. The van der Waals surface area contributed by atoms with Crippen molar-refractivity contribution in [3.63, 3.8) is 0 Å². The second-order valence-corrected chi connectivity index (χ2v) is 3.45. The van der Waals surface area contributed by atoms with Crippen molar-refractivity contribution in [2.45, 2.75) is 26.7 Å². The van der Waals surface area contributed by atoms with Crippen LogP contribution in [-0.2, 0) is 4.74 Å². The molecule has 14 heavy (non-hydrogen) atoms. The number of allylic oxidation sites excluding steroid dienone is 3. The Hall–Kier alpha value is -1.05. The predicted molar refractivity (Wildman–Crippen MR) is 60.6 cm³/mol. The summed E-state index contributed by atoms with van der Waals surface area (Å²) in [6, 6.07) is 0. The summed E-state index contributed by atoms with van der Waals surface area (Å²) in [6.07, 6.45) is 8.24. The van der Waals surface area contributed by atoms with Crippen molar-refractivity contribution in [3.8, 4) is 0 Å². The second kappa shape index (κ2) is 5.63. The van der Waals surface area contributed by atoms with Crippen molar-refractivity contribution < 1.29 is 4.74 Å². The third-order valence-corrected chi connectivity index (χ3v) is 2.53. The third-order valence-electron chi connectivity index (χ3n) is 2.53. The molecule has 0 amide bonds. The summed E-state index contributed by atoms with van der Waals surface area (Å²) in [5, 5.41) is 0. The van der Waals surface area contributed by atoms with Gasteiger partial charge in [0.05, 0.1) is 6.61 Å². The van der Waals surface area contributed by atoms with Crippen LogP contribution < -0.4 is 0 Å². The van der Waals surface area contributed by atoms with Crippen molar-refractivity contribution in [3.05, 3.63) is 23.5 Å². The van der Waals surface area contributed by atoms with Crippen LogP contribution in [0.25, 0.3) is 0 Å². The molecule has 1 unspecified atom stereocenters. The molecule has 0 aliphatic carbocycles. The lowest BCUT2D eigenvalue weighted by molar-refractivity contribution is 0.179. The minimum absolute atomic E-state index is 0.610. The predicted octanol–water partition coefficient (Wildman–Crippen LogP) is 2.96. The van der Waals surface area contributed by atoms with Gasteiger partial charge in [0, 0.05) is 18.8 Å². The highest BCUT2D eigenvalue weighted by molar-refractivity contribution is 5.80. The zero-order chi connectivity index (χ0) is 10.4. The van der Waals surface area contributed by atoms with Crippen molar-refractivity contribution in [2.75, 3.05) is 13.7 Å². The summed E-state index contributed by atoms with van der Waals surface area (Å²) >= 11 is 0. The van der Waals surface area contributed by atoms with E-state index in [0.29, 0.717) is 5.92 Å². The molecule has 0 saturated heterocycles. The molecule has 1 aliphatic rings. The molecule has 0 radical (unpaired) electrons. The first-order chi connectivity index (χ1) is 6.83. The Morgan fingerprint density at radius 1 is 1.57 bits per heavy atom. The summed E-state index contributed by atoms with van der Waals surface area (Å²) < 4.78 is 5.62. The number of rotatable bonds is 3. The Morgan fingerprint density at radius 3 is 2.93 bits per heavy atom. The van der Waals surface area contributed by atoms with E-state index in [1.165, 1.54) is 5.57 Å². The van der Waals surface area contributed by atoms with E-state index >= 15 is 0 Å². The molecule has 0 fully saturated rings. The lowest BCUT2D eigenvalue weighted by Gasteiger charge is -2.24. The molecule has 0 bridgehead atoms. The van der Waals surface area contributed by atoms with Crippen LogP contribution >= 0.6 is 0 Å². The number of hydrogen-bond donors (Lipinski definition) is 0. The molecule has 2 heteroatoms. The maximum atomic E-state index is 5.62. The molecule has 0 aromatic carbocycles. The monoisotopic (exact) mass is 193 g/mol. The lowest BCUT2D eigenvalue weighted by atomic mass is 9.91. The van der Waals surface area contributed by atoms with E-state index in [-0.39, 0.29) is 0 Å². The third kappa shape index (κ3) is 2.47. The molecular weight excluding hydrogens is 174 g/mol. The first kappa shape index (κ1) is 11.0. The van der Waals surface area contributed by atoms with Crippen molar-refractivity contribution in [1.29, 1.82) is 0 Å². The largest absolute Gasteiger partial charge is 0.493 e. The fourth-order valence-corrected chi connectivity index (χ4v) is 1.78. The highest BCUT2D eigenvalue weighted by Gasteiger charge is 2.19. The maximum Gasteiger partial charge on any atom is 0.123 e. The van der Waals surface area contributed by atoms with Crippen LogP contribution in [0.15, 0.2) is 28.5 Å². The fraction of sp³-hybridized carbons (Fsp3) is 0.583. The van der Waals surface area contributed by atoms with E-state index in [1.807, 2.05) is 32.3 Å². The number of nitrogens with zero attached hydrogens (tertiary/aromatic N) is 1. The van der Waals surface area contributed by atoms with Crippen molar-refractivity contribution in [2.24, 2.45) is 10.9 Å². The van der Waals surface area contributed by atoms with Crippen LogP contribution in [-0.4, -0.2) is 19.9 Å². The second-order valence-electron chi connectivity index (χ2n) is 3.45. The summed E-state index contributed by atoms with van der Waals surface area (Å²) in [6.45, 7) is 5.05. The van der Waals surface area contributed by atoms with Crippen molar-refractivity contribution >= 4 is 6.21 Å². The molecule has 0 aromatic rings. The Labute approximate surface area is 86.4 Å². The van der Waals surface area contributed by atoms with Crippen molar-refractivity contribution in [1.82, 2.24) is 0 Å². The standard InChI is InChI=1S/C12H19NO/c1-4-6-12-11(9-13-3)10(5-2)7-8-14-12/h4,6,9-10H,5,7-8H2,1-3H3. The Kier molecular flexibility index (Phi) is 4.44. The average molecular weight is 193 g/mol. The normalized spacial score (nSPS) is 23.5. The topological polar surface area (TPSA) is 21.6 Å². The van der Waals surface area contributed by atoms with E-state index in [1.54, 1.807) is 0 Å². The molecule has 0 N–H and O–H groups in total. The number of hydrogen-bond acceptors (Lipinski definition) is 2. The fourth-order valence-electron chi connectivity index (χ4n) is 1.78. The van der Waals surface area contributed by atoms with Gasteiger partial charge in [0.1, 0.15) is 5.76 Å². The van der Waals surface area contributed by atoms with E-state index in [2.05, 4.69) is 11.9 Å². The van der Waals surface area contributed by atoms with E-state index in [4.69, 9.17) is 4.74 Å². The van der Waals surface area contributed by atoms with Crippen LogP contribution in [0.1, 0.15) is 26.7 Å². The van der Waals surface area contributed by atoms with Gasteiger partial charge in [0.2, 0.25) is 0 Å². The maximum absolute atomic E-state index is 5.62. The van der Waals surface area contributed by atoms with Gasteiger partial charge >= 0.3 is 0 Å². The van der Waals surface area contributed by atoms with Gasteiger partial charge in [-0.15, -0.1) is 0 Å². The van der Waals surface area contributed by atoms with Crippen LogP contribution in [0.3, 0.4) is 0 Å². The molecule has 0 saturated carbocycles. The molecule has 2 nitrogen and oxygen atoms in total. The average Bonchev–Trinajstić information content (AvgIpc) is 2.21. The smallest absolute Gasteiger partial charge is 0.123 e. The summed E-state index contributed by atoms with van der Waals surface area (Å²) in [7, 11) is 1.81. The van der Waals surface area contributed by atoms with Gasteiger partial charge in [-0.05, 0) is 31.8 Å². The van der Waals surface area contributed by atoms with Gasteiger partial charge < -0.3 is 4.74 Å². The van der Waals surface area contributed by atoms with Gasteiger partial charge in [-0.25, -0.2) is 0 Å². The van der Waals surface area contributed by atoms with Gasteiger partial charge in [0.25, 0.3) is 0 Å². The van der Waals surface area contributed by atoms with Crippen LogP contribution in [0.2, 0.25) is 0 Å². The molecular formula is C12H19NO. The molecule has 1 aliphatic heterocycles. The van der Waals surface area contributed by atoms with Crippen LogP contribution in [0.5, 0.6) is 0 Å². The Bertz CT molecular complexity index is 263. The molecule has 1 heterocycles. The molecule has 1 rings (SSSR count). The summed E-state index contributed by atoms with van der Waals surface area (Å²) in [5.41, 5.74) is 1.25. The zero-order valence-corrected chi connectivity index (χ0v) is 9.29.